The normalized spacial score (nSPS) is 15.0. The molecule has 0 aromatic heterocycles. The molecule has 0 unspecified atom stereocenters. The number of rotatable bonds is 6. The van der Waals surface area contributed by atoms with Gasteiger partial charge < -0.3 is 15.3 Å². The summed E-state index contributed by atoms with van der Waals surface area (Å²) in [6.07, 6.45) is 0. The number of hydrogen-bond donors (Lipinski definition) is 2. The predicted octanol–water partition coefficient (Wildman–Crippen LogP) is 3.26. The average molecular weight is 389 g/mol. The SMILES string of the molecule is O=C(Nc1ccccc1SCc1ccccc1F)N1CCN(CCO)CC1. The van der Waals surface area contributed by atoms with Gasteiger partial charge in [-0.25, -0.2) is 9.18 Å². The highest BCUT2D eigenvalue weighted by Crippen LogP contribution is 2.30. The van der Waals surface area contributed by atoms with Crippen molar-refractivity contribution in [2.75, 3.05) is 44.6 Å². The average Bonchev–Trinajstić information content (AvgIpc) is 2.69. The van der Waals surface area contributed by atoms with Crippen LogP contribution in [0.5, 0.6) is 0 Å². The van der Waals surface area contributed by atoms with E-state index in [0.717, 1.165) is 23.7 Å². The minimum Gasteiger partial charge on any atom is -0.395 e. The van der Waals surface area contributed by atoms with Gasteiger partial charge in [0.05, 0.1) is 12.3 Å². The number of anilines is 1. The van der Waals surface area contributed by atoms with Gasteiger partial charge in [0.1, 0.15) is 5.82 Å². The molecule has 7 heteroatoms. The highest BCUT2D eigenvalue weighted by atomic mass is 32.2. The Kier molecular flexibility index (Phi) is 7.09. The number of thioether (sulfide) groups is 1. The van der Waals surface area contributed by atoms with Crippen LogP contribution in [-0.4, -0.2) is 60.3 Å². The molecule has 1 aliphatic heterocycles. The molecule has 3 rings (SSSR count). The van der Waals surface area contributed by atoms with E-state index in [1.165, 1.54) is 17.8 Å². The quantitative estimate of drug-likeness (QED) is 0.745. The molecule has 2 amide bonds. The number of benzene rings is 2. The monoisotopic (exact) mass is 389 g/mol. The molecule has 0 radical (unpaired) electrons. The summed E-state index contributed by atoms with van der Waals surface area (Å²) < 4.78 is 13.8. The van der Waals surface area contributed by atoms with Crippen LogP contribution in [0.3, 0.4) is 0 Å². The van der Waals surface area contributed by atoms with Gasteiger partial charge in [-0.2, -0.15) is 0 Å². The third kappa shape index (κ3) is 5.45. The molecule has 144 valence electrons. The van der Waals surface area contributed by atoms with Crippen molar-refractivity contribution in [3.63, 3.8) is 0 Å². The zero-order chi connectivity index (χ0) is 19.1. The number of aliphatic hydroxyl groups is 1. The fraction of sp³-hybridized carbons (Fsp3) is 0.350. The largest absolute Gasteiger partial charge is 0.395 e. The van der Waals surface area contributed by atoms with E-state index in [2.05, 4.69) is 10.2 Å². The van der Waals surface area contributed by atoms with E-state index in [9.17, 15) is 9.18 Å². The number of amides is 2. The fourth-order valence-electron chi connectivity index (χ4n) is 2.98. The molecule has 2 N–H and O–H groups in total. The molecule has 27 heavy (non-hydrogen) atoms. The van der Waals surface area contributed by atoms with Gasteiger partial charge >= 0.3 is 6.03 Å². The second-order valence-corrected chi connectivity index (χ2v) is 7.38. The second-order valence-electron chi connectivity index (χ2n) is 6.36. The molecule has 2 aromatic rings. The molecule has 0 saturated carbocycles. The number of urea groups is 1. The Hall–Kier alpha value is -2.09. The standard InChI is InChI=1S/C20H24FN3O2S/c21-17-6-2-1-5-16(17)15-27-19-8-4-3-7-18(19)22-20(26)24-11-9-23(10-12-24)13-14-25/h1-8,25H,9-15H2,(H,22,26). The number of para-hydroxylation sites is 1. The van der Waals surface area contributed by atoms with Crippen LogP contribution in [0.25, 0.3) is 0 Å². The van der Waals surface area contributed by atoms with Gasteiger partial charge in [-0.05, 0) is 23.8 Å². The van der Waals surface area contributed by atoms with Crippen molar-refractivity contribution in [1.29, 1.82) is 0 Å². The maximum Gasteiger partial charge on any atom is 0.321 e. The maximum absolute atomic E-state index is 13.8. The molecule has 1 fully saturated rings. The van der Waals surface area contributed by atoms with E-state index in [1.54, 1.807) is 17.0 Å². The molecule has 5 nitrogen and oxygen atoms in total. The van der Waals surface area contributed by atoms with E-state index >= 15 is 0 Å². The van der Waals surface area contributed by atoms with Crippen molar-refractivity contribution in [2.45, 2.75) is 10.6 Å². The minimum atomic E-state index is -0.215. The molecular formula is C20H24FN3O2S. The van der Waals surface area contributed by atoms with Crippen LogP contribution in [0.2, 0.25) is 0 Å². The summed E-state index contributed by atoms with van der Waals surface area (Å²) in [6, 6.07) is 14.2. The molecule has 1 aliphatic rings. The number of hydrogen-bond acceptors (Lipinski definition) is 4. The van der Waals surface area contributed by atoms with E-state index in [1.807, 2.05) is 30.3 Å². The summed E-state index contributed by atoms with van der Waals surface area (Å²) in [7, 11) is 0. The number of halogens is 1. The predicted molar refractivity (Wildman–Crippen MR) is 107 cm³/mol. The summed E-state index contributed by atoms with van der Waals surface area (Å²) in [6.45, 7) is 3.58. The van der Waals surface area contributed by atoms with Crippen LogP contribution in [0.4, 0.5) is 14.9 Å². The van der Waals surface area contributed by atoms with Crippen LogP contribution in [-0.2, 0) is 5.75 Å². The number of nitrogens with zero attached hydrogens (tertiary/aromatic N) is 2. The molecule has 1 saturated heterocycles. The van der Waals surface area contributed by atoms with Crippen LogP contribution < -0.4 is 5.32 Å². The van der Waals surface area contributed by atoms with Crippen LogP contribution >= 0.6 is 11.8 Å². The Morgan fingerprint density at radius 1 is 1.07 bits per heavy atom. The van der Waals surface area contributed by atoms with Gasteiger partial charge in [0.25, 0.3) is 0 Å². The number of nitrogens with one attached hydrogen (secondary N) is 1. The number of piperazine rings is 1. The summed E-state index contributed by atoms with van der Waals surface area (Å²) in [5, 5.41) is 12.0. The lowest BCUT2D eigenvalue weighted by Crippen LogP contribution is -2.50. The smallest absolute Gasteiger partial charge is 0.321 e. The van der Waals surface area contributed by atoms with E-state index < -0.39 is 0 Å². The van der Waals surface area contributed by atoms with Crippen LogP contribution in [0.1, 0.15) is 5.56 Å². The maximum atomic E-state index is 13.8. The Bertz CT molecular complexity index is 766. The Labute approximate surface area is 163 Å². The zero-order valence-corrected chi connectivity index (χ0v) is 15.9. The first-order valence-electron chi connectivity index (χ1n) is 9.02. The number of β-amino-alcohol motifs (C(OH)–C–C–N with tert-alkyl or cyclic N) is 1. The van der Waals surface area contributed by atoms with Crippen molar-refractivity contribution >= 4 is 23.5 Å². The number of carbonyl (C=O) groups excluding carboxylic acids is 1. The third-order valence-corrected chi connectivity index (χ3v) is 5.67. The van der Waals surface area contributed by atoms with E-state index in [-0.39, 0.29) is 18.5 Å². The zero-order valence-electron chi connectivity index (χ0n) is 15.1. The molecule has 0 bridgehead atoms. The first-order chi connectivity index (χ1) is 13.2. The number of carbonyl (C=O) groups is 1. The molecule has 2 aromatic carbocycles. The lowest BCUT2D eigenvalue weighted by molar-refractivity contribution is 0.127. The topological polar surface area (TPSA) is 55.8 Å². The van der Waals surface area contributed by atoms with Crippen LogP contribution in [0.15, 0.2) is 53.4 Å². The van der Waals surface area contributed by atoms with Crippen LogP contribution in [0, 0.1) is 5.82 Å². The summed E-state index contributed by atoms with van der Waals surface area (Å²) in [5.41, 5.74) is 1.38. The summed E-state index contributed by atoms with van der Waals surface area (Å²) >= 11 is 1.50. The molecular weight excluding hydrogens is 365 g/mol. The van der Waals surface area contributed by atoms with E-state index in [0.29, 0.717) is 31.0 Å². The van der Waals surface area contributed by atoms with Gasteiger partial charge in [-0.15, -0.1) is 11.8 Å². The minimum absolute atomic E-state index is 0.127. The lowest BCUT2D eigenvalue weighted by atomic mass is 10.2. The van der Waals surface area contributed by atoms with E-state index in [4.69, 9.17) is 5.11 Å². The van der Waals surface area contributed by atoms with Crippen molar-refractivity contribution in [3.05, 3.63) is 59.9 Å². The summed E-state index contributed by atoms with van der Waals surface area (Å²) in [4.78, 5) is 17.4. The fourth-order valence-corrected chi connectivity index (χ4v) is 3.97. The van der Waals surface area contributed by atoms with Gasteiger partial charge in [-0.1, -0.05) is 30.3 Å². The van der Waals surface area contributed by atoms with Gasteiger partial charge in [-0.3, -0.25) is 4.90 Å². The van der Waals surface area contributed by atoms with Gasteiger partial charge in [0, 0.05) is 43.4 Å². The van der Waals surface area contributed by atoms with Crippen molar-refractivity contribution < 1.29 is 14.3 Å². The third-order valence-electron chi connectivity index (χ3n) is 4.55. The van der Waals surface area contributed by atoms with Gasteiger partial charge in [0.15, 0.2) is 0 Å². The van der Waals surface area contributed by atoms with Crippen molar-refractivity contribution in [3.8, 4) is 0 Å². The number of aliphatic hydroxyl groups excluding tert-OH is 1. The first-order valence-corrected chi connectivity index (χ1v) is 10.0. The second kappa shape index (κ2) is 9.73. The molecule has 0 aliphatic carbocycles. The Balaban J connectivity index is 1.59. The van der Waals surface area contributed by atoms with Gasteiger partial charge in [0.2, 0.25) is 0 Å². The first kappa shape index (κ1) is 19.7. The van der Waals surface area contributed by atoms with Crippen molar-refractivity contribution in [2.24, 2.45) is 0 Å². The summed E-state index contributed by atoms with van der Waals surface area (Å²) in [5.74, 6) is 0.284. The lowest BCUT2D eigenvalue weighted by Gasteiger charge is -2.34. The highest BCUT2D eigenvalue weighted by molar-refractivity contribution is 7.98. The Morgan fingerprint density at radius 2 is 1.78 bits per heavy atom. The molecule has 0 atom stereocenters. The molecule has 1 heterocycles. The van der Waals surface area contributed by atoms with Crippen molar-refractivity contribution in [1.82, 2.24) is 9.80 Å². The highest BCUT2D eigenvalue weighted by Gasteiger charge is 2.21. The Morgan fingerprint density at radius 3 is 2.52 bits per heavy atom. The molecule has 0 spiro atoms.